The summed E-state index contributed by atoms with van der Waals surface area (Å²) in [6, 6.07) is -0.537. The number of amides is 2. The second-order valence-corrected chi connectivity index (χ2v) is 3.80. The van der Waals surface area contributed by atoms with Crippen molar-refractivity contribution in [2.24, 2.45) is 11.5 Å². The number of carbonyl (C=O) groups excluding carboxylic acids is 2. The third-order valence-electron chi connectivity index (χ3n) is 2.54. The van der Waals surface area contributed by atoms with E-state index in [1.54, 1.807) is 4.90 Å². The van der Waals surface area contributed by atoms with E-state index in [1.165, 1.54) is 0 Å². The smallest absolute Gasteiger partial charge is 0.239 e. The van der Waals surface area contributed by atoms with Crippen LogP contribution in [0.15, 0.2) is 0 Å². The molecule has 0 aromatic heterocycles. The van der Waals surface area contributed by atoms with E-state index in [0.29, 0.717) is 6.54 Å². The van der Waals surface area contributed by atoms with Crippen LogP contribution in [-0.2, 0) is 9.59 Å². The van der Waals surface area contributed by atoms with E-state index in [0.717, 1.165) is 12.8 Å². The first-order valence-electron chi connectivity index (χ1n) is 4.86. The van der Waals surface area contributed by atoms with Crippen molar-refractivity contribution in [3.8, 4) is 0 Å². The molecule has 1 aliphatic rings. The van der Waals surface area contributed by atoms with Gasteiger partial charge in [-0.25, -0.2) is 0 Å². The molecule has 1 rings (SSSR count). The van der Waals surface area contributed by atoms with Gasteiger partial charge in [-0.1, -0.05) is 0 Å². The van der Waals surface area contributed by atoms with Crippen molar-refractivity contribution >= 4 is 11.8 Å². The highest BCUT2D eigenvalue weighted by molar-refractivity contribution is 5.83. The van der Waals surface area contributed by atoms with E-state index >= 15 is 0 Å². The Labute approximate surface area is 83.4 Å². The van der Waals surface area contributed by atoms with E-state index in [1.807, 2.05) is 6.92 Å². The Balaban J connectivity index is 2.57. The average Bonchev–Trinajstić information content (AvgIpc) is 2.08. The van der Waals surface area contributed by atoms with Gasteiger partial charge in [-0.3, -0.25) is 9.59 Å². The molecule has 0 saturated carbocycles. The van der Waals surface area contributed by atoms with E-state index in [4.69, 9.17) is 11.5 Å². The summed E-state index contributed by atoms with van der Waals surface area (Å²) in [6.07, 6.45) is 1.84. The molecule has 0 radical (unpaired) electrons. The van der Waals surface area contributed by atoms with Crippen molar-refractivity contribution in [3.63, 3.8) is 0 Å². The van der Waals surface area contributed by atoms with E-state index < -0.39 is 6.04 Å². The van der Waals surface area contributed by atoms with Gasteiger partial charge in [0.2, 0.25) is 11.8 Å². The number of nitrogens with zero attached hydrogens (tertiary/aromatic N) is 1. The van der Waals surface area contributed by atoms with Crippen molar-refractivity contribution in [1.29, 1.82) is 0 Å². The molecule has 5 heteroatoms. The van der Waals surface area contributed by atoms with Gasteiger partial charge >= 0.3 is 0 Å². The summed E-state index contributed by atoms with van der Waals surface area (Å²) in [7, 11) is 0. The van der Waals surface area contributed by atoms with Gasteiger partial charge in [0.05, 0.1) is 6.04 Å². The molecule has 1 heterocycles. The fraction of sp³-hybridized carbons (Fsp3) is 0.778. The van der Waals surface area contributed by atoms with Crippen molar-refractivity contribution in [2.75, 3.05) is 6.54 Å². The molecular formula is C9H17N3O2. The molecule has 4 N–H and O–H groups in total. The highest BCUT2D eigenvalue weighted by Crippen LogP contribution is 2.14. The van der Waals surface area contributed by atoms with Gasteiger partial charge in [-0.2, -0.15) is 0 Å². The molecule has 80 valence electrons. The summed E-state index contributed by atoms with van der Waals surface area (Å²) in [5.41, 5.74) is 10.7. The monoisotopic (exact) mass is 199 g/mol. The fourth-order valence-corrected chi connectivity index (χ4v) is 1.77. The predicted octanol–water partition coefficient (Wildman–Crippen LogP) is -0.800. The van der Waals surface area contributed by atoms with Crippen molar-refractivity contribution in [3.05, 3.63) is 0 Å². The number of primary amides is 1. The number of likely N-dealkylation sites (tertiary alicyclic amines) is 1. The highest BCUT2D eigenvalue weighted by Gasteiger charge is 2.29. The first-order valence-corrected chi connectivity index (χ1v) is 4.86. The molecule has 1 saturated heterocycles. The minimum Gasteiger partial charge on any atom is -0.370 e. The summed E-state index contributed by atoms with van der Waals surface area (Å²) in [4.78, 5) is 23.9. The van der Waals surface area contributed by atoms with Gasteiger partial charge in [0.1, 0.15) is 0 Å². The van der Waals surface area contributed by atoms with Gasteiger partial charge < -0.3 is 16.4 Å². The van der Waals surface area contributed by atoms with Crippen LogP contribution in [0, 0.1) is 0 Å². The highest BCUT2D eigenvalue weighted by atomic mass is 16.2. The maximum Gasteiger partial charge on any atom is 0.239 e. The Kier molecular flexibility index (Phi) is 3.46. The van der Waals surface area contributed by atoms with Gasteiger partial charge in [0.15, 0.2) is 0 Å². The van der Waals surface area contributed by atoms with Crippen LogP contribution in [0.25, 0.3) is 0 Å². The number of nitrogens with two attached hydrogens (primary N) is 2. The molecular weight excluding hydrogens is 182 g/mol. The molecule has 0 aliphatic carbocycles. The van der Waals surface area contributed by atoms with E-state index in [-0.39, 0.29) is 24.3 Å². The first-order chi connectivity index (χ1) is 6.52. The lowest BCUT2D eigenvalue weighted by Gasteiger charge is -2.34. The van der Waals surface area contributed by atoms with Crippen LogP contribution in [-0.4, -0.2) is 35.3 Å². The van der Waals surface area contributed by atoms with Crippen LogP contribution >= 0.6 is 0 Å². The van der Waals surface area contributed by atoms with E-state index in [9.17, 15) is 9.59 Å². The Morgan fingerprint density at radius 2 is 2.36 bits per heavy atom. The van der Waals surface area contributed by atoms with Crippen LogP contribution in [0.1, 0.15) is 26.2 Å². The predicted molar refractivity (Wildman–Crippen MR) is 52.2 cm³/mol. The van der Waals surface area contributed by atoms with Gasteiger partial charge in [-0.05, 0) is 19.8 Å². The summed E-state index contributed by atoms with van der Waals surface area (Å²) >= 11 is 0. The minimum absolute atomic E-state index is 0.0648. The molecule has 2 atom stereocenters. The largest absolute Gasteiger partial charge is 0.370 e. The third-order valence-corrected chi connectivity index (χ3v) is 2.54. The number of piperidine rings is 1. The summed E-state index contributed by atoms with van der Waals surface area (Å²) < 4.78 is 0. The topological polar surface area (TPSA) is 89.4 Å². The van der Waals surface area contributed by atoms with Crippen molar-refractivity contribution < 1.29 is 9.59 Å². The average molecular weight is 199 g/mol. The molecule has 0 bridgehead atoms. The molecule has 0 aromatic rings. The van der Waals surface area contributed by atoms with E-state index in [2.05, 4.69) is 0 Å². The summed E-state index contributed by atoms with van der Waals surface area (Å²) in [5.74, 6) is -0.450. The molecule has 14 heavy (non-hydrogen) atoms. The molecule has 2 amide bonds. The normalized spacial score (nSPS) is 24.9. The lowest BCUT2D eigenvalue weighted by molar-refractivity contribution is -0.137. The number of carbonyl (C=O) groups is 2. The van der Waals surface area contributed by atoms with Crippen molar-refractivity contribution in [2.45, 2.75) is 38.3 Å². The Morgan fingerprint density at radius 1 is 1.71 bits per heavy atom. The Bertz CT molecular complexity index is 242. The number of rotatable bonds is 3. The summed E-state index contributed by atoms with van der Waals surface area (Å²) in [5, 5.41) is 0. The Hall–Kier alpha value is -1.10. The fourth-order valence-electron chi connectivity index (χ4n) is 1.77. The zero-order chi connectivity index (χ0) is 10.7. The number of hydrogen-bond acceptors (Lipinski definition) is 3. The second kappa shape index (κ2) is 4.41. The summed E-state index contributed by atoms with van der Waals surface area (Å²) in [6.45, 7) is 2.50. The van der Waals surface area contributed by atoms with Gasteiger partial charge in [-0.15, -0.1) is 0 Å². The van der Waals surface area contributed by atoms with Crippen LogP contribution in [0.2, 0.25) is 0 Å². The lowest BCUT2D eigenvalue weighted by Crippen LogP contribution is -2.52. The maximum absolute atomic E-state index is 11.6. The zero-order valence-electron chi connectivity index (χ0n) is 8.40. The third kappa shape index (κ3) is 2.45. The van der Waals surface area contributed by atoms with Crippen LogP contribution in [0.3, 0.4) is 0 Å². The molecule has 1 fully saturated rings. The molecule has 2 unspecified atom stereocenters. The van der Waals surface area contributed by atoms with Gasteiger partial charge in [0, 0.05) is 19.0 Å². The van der Waals surface area contributed by atoms with Gasteiger partial charge in [0.25, 0.3) is 0 Å². The number of hydrogen-bond donors (Lipinski definition) is 2. The quantitative estimate of drug-likeness (QED) is 0.623. The van der Waals surface area contributed by atoms with Crippen LogP contribution in [0.5, 0.6) is 0 Å². The molecule has 0 spiro atoms. The van der Waals surface area contributed by atoms with Crippen LogP contribution in [0.4, 0.5) is 0 Å². The molecule has 5 nitrogen and oxygen atoms in total. The minimum atomic E-state index is -0.404. The zero-order valence-corrected chi connectivity index (χ0v) is 8.40. The SMILES string of the molecule is CC(CC(N)=O)N1CCCC(N)C1=O. The Morgan fingerprint density at radius 3 is 2.93 bits per heavy atom. The standard InChI is InChI=1S/C9H17N3O2/c1-6(5-8(11)13)12-4-2-3-7(10)9(12)14/h6-7H,2-5,10H2,1H3,(H2,11,13). The lowest BCUT2D eigenvalue weighted by atomic mass is 10.0. The van der Waals surface area contributed by atoms with Crippen molar-refractivity contribution in [1.82, 2.24) is 4.90 Å². The molecule has 1 aliphatic heterocycles. The second-order valence-electron chi connectivity index (χ2n) is 3.80. The maximum atomic E-state index is 11.6. The molecule has 0 aromatic carbocycles. The van der Waals surface area contributed by atoms with Crippen LogP contribution < -0.4 is 11.5 Å². The first kappa shape index (κ1) is 11.0.